The van der Waals surface area contributed by atoms with Gasteiger partial charge in [0.05, 0.1) is 5.69 Å². The summed E-state index contributed by atoms with van der Waals surface area (Å²) in [7, 11) is 1.11. The summed E-state index contributed by atoms with van der Waals surface area (Å²) in [5.41, 5.74) is -2.15. The molecule has 25 heavy (non-hydrogen) atoms. The van der Waals surface area contributed by atoms with Crippen LogP contribution in [0.15, 0.2) is 12.1 Å². The normalized spacial score (nSPS) is 15.2. The molecule has 0 saturated carbocycles. The van der Waals surface area contributed by atoms with Crippen molar-refractivity contribution >= 4 is 11.6 Å². The van der Waals surface area contributed by atoms with Gasteiger partial charge in [0.2, 0.25) is 5.95 Å². The van der Waals surface area contributed by atoms with Crippen LogP contribution in [0.1, 0.15) is 41.9 Å². The van der Waals surface area contributed by atoms with Gasteiger partial charge in [0.1, 0.15) is 28.4 Å². The predicted octanol–water partition coefficient (Wildman–Crippen LogP) is 3.60. The molecule has 0 unspecified atom stereocenters. The molecule has 0 radical (unpaired) electrons. The Morgan fingerprint density at radius 2 is 2.04 bits per heavy atom. The second kappa shape index (κ2) is 5.75. The maximum Gasteiger partial charge on any atom is 0.283 e. The molecule has 5 nitrogen and oxygen atoms in total. The molecule has 1 aromatic heterocycles. The van der Waals surface area contributed by atoms with E-state index in [1.165, 1.54) is 6.07 Å². The fourth-order valence-corrected chi connectivity index (χ4v) is 2.79. The van der Waals surface area contributed by atoms with Gasteiger partial charge in [-0.05, 0) is 26.0 Å². The minimum Gasteiger partial charge on any atom is -0.485 e. The first-order chi connectivity index (χ1) is 11.6. The number of aryl methyl sites for hydroxylation is 1. The highest BCUT2D eigenvalue weighted by molar-refractivity contribution is 6.06. The highest BCUT2D eigenvalue weighted by Crippen LogP contribution is 2.42. The van der Waals surface area contributed by atoms with Crippen molar-refractivity contribution in [3.63, 3.8) is 0 Å². The van der Waals surface area contributed by atoms with E-state index < -0.39 is 41.0 Å². The number of ether oxygens (including phenoxy) is 1. The van der Waals surface area contributed by atoms with Crippen molar-refractivity contribution in [1.29, 1.82) is 0 Å². The third-order valence-corrected chi connectivity index (χ3v) is 3.87. The number of aromatic nitrogens is 2. The van der Waals surface area contributed by atoms with E-state index in [0.29, 0.717) is 4.68 Å². The van der Waals surface area contributed by atoms with Gasteiger partial charge in [0, 0.05) is 19.0 Å². The number of halogens is 4. The van der Waals surface area contributed by atoms with Crippen LogP contribution in [0, 0.1) is 11.8 Å². The number of rotatable bonds is 3. The number of nitrogens with one attached hydrogen (secondary N) is 1. The van der Waals surface area contributed by atoms with Gasteiger partial charge < -0.3 is 10.1 Å². The first-order valence-corrected chi connectivity index (χ1v) is 7.43. The molecule has 3 rings (SSSR count). The number of fused-ring (bicyclic) bond motifs is 1. The Labute approximate surface area is 140 Å². The highest BCUT2D eigenvalue weighted by Gasteiger charge is 2.35. The van der Waals surface area contributed by atoms with E-state index in [4.69, 9.17) is 4.74 Å². The Hall–Kier alpha value is -2.58. The van der Waals surface area contributed by atoms with E-state index in [9.17, 15) is 22.4 Å². The molecular formula is C16H15F4N3O2. The molecule has 1 aromatic carbocycles. The first-order valence-electron chi connectivity index (χ1n) is 7.43. The maximum absolute atomic E-state index is 14.0. The quantitative estimate of drug-likeness (QED) is 0.854. The molecule has 0 bridgehead atoms. The lowest BCUT2D eigenvalue weighted by Gasteiger charge is -2.18. The van der Waals surface area contributed by atoms with Gasteiger partial charge in [-0.15, -0.1) is 0 Å². The molecule has 2 aromatic rings. The van der Waals surface area contributed by atoms with E-state index >= 15 is 0 Å². The Morgan fingerprint density at radius 3 is 2.68 bits per heavy atom. The Bertz CT molecular complexity index is 862. The van der Waals surface area contributed by atoms with Crippen molar-refractivity contribution in [1.82, 2.24) is 9.78 Å². The van der Waals surface area contributed by atoms with Crippen LogP contribution < -0.4 is 10.1 Å². The number of hydrogen-bond acceptors (Lipinski definition) is 3. The maximum atomic E-state index is 14.0. The molecule has 1 amide bonds. The zero-order valence-electron chi connectivity index (χ0n) is 13.7. The minimum absolute atomic E-state index is 0.0791. The van der Waals surface area contributed by atoms with Crippen LogP contribution in [-0.2, 0) is 13.5 Å². The third kappa shape index (κ3) is 2.94. The van der Waals surface area contributed by atoms with E-state index in [2.05, 4.69) is 10.4 Å². The van der Waals surface area contributed by atoms with Crippen molar-refractivity contribution in [2.75, 3.05) is 5.32 Å². The Morgan fingerprint density at radius 1 is 1.36 bits per heavy atom. The number of benzene rings is 1. The summed E-state index contributed by atoms with van der Waals surface area (Å²) in [5, 5.41) is 5.64. The number of carbonyl (C=O) groups is 1. The van der Waals surface area contributed by atoms with Crippen LogP contribution in [0.3, 0.4) is 0 Å². The number of alkyl halides is 2. The molecule has 0 fully saturated rings. The lowest BCUT2D eigenvalue weighted by Crippen LogP contribution is -2.25. The molecule has 0 saturated heterocycles. The topological polar surface area (TPSA) is 56.2 Å². The predicted molar refractivity (Wildman–Crippen MR) is 80.9 cm³/mol. The summed E-state index contributed by atoms with van der Waals surface area (Å²) in [4.78, 5) is 12.3. The summed E-state index contributed by atoms with van der Waals surface area (Å²) in [5.74, 6) is -2.68. The lowest BCUT2D eigenvalue weighted by atomic mass is 10.0. The number of anilines is 1. The van der Waals surface area contributed by atoms with Crippen molar-refractivity contribution in [3.05, 3.63) is 40.7 Å². The van der Waals surface area contributed by atoms with Crippen LogP contribution in [0.2, 0.25) is 0 Å². The molecule has 1 N–H and O–H groups in total. The van der Waals surface area contributed by atoms with Crippen LogP contribution in [0.4, 0.5) is 23.2 Å². The fourth-order valence-electron chi connectivity index (χ4n) is 2.79. The molecule has 1 aliphatic heterocycles. The summed E-state index contributed by atoms with van der Waals surface area (Å²) >= 11 is 0. The van der Waals surface area contributed by atoms with Crippen LogP contribution in [0.5, 0.6) is 5.75 Å². The largest absolute Gasteiger partial charge is 0.485 e. The minimum atomic E-state index is -3.12. The monoisotopic (exact) mass is 357 g/mol. The molecule has 0 aliphatic carbocycles. The van der Waals surface area contributed by atoms with Crippen molar-refractivity contribution in [2.24, 2.45) is 7.05 Å². The van der Waals surface area contributed by atoms with Gasteiger partial charge in [-0.25, -0.2) is 17.9 Å². The summed E-state index contributed by atoms with van der Waals surface area (Å²) in [6.07, 6.45) is -2.84. The van der Waals surface area contributed by atoms with Crippen LogP contribution >= 0.6 is 0 Å². The van der Waals surface area contributed by atoms with Gasteiger partial charge in [0.25, 0.3) is 12.3 Å². The van der Waals surface area contributed by atoms with E-state index in [0.717, 1.165) is 13.1 Å². The first kappa shape index (κ1) is 17.2. The zero-order chi connectivity index (χ0) is 18.5. The fraction of sp³-hybridized carbons (Fsp3) is 0.375. The van der Waals surface area contributed by atoms with E-state index in [1.807, 2.05) is 0 Å². The SMILES string of the molecule is Cn1nc(C(F)F)c(C(=O)Nc2ccc(F)c3c2OC(C)(C)C3)c1F. The number of nitrogens with zero attached hydrogens (tertiary/aromatic N) is 2. The standard InChI is InChI=1S/C16H15F4N3O2/c1-16(2)6-7-8(17)4-5-9(12(7)25-16)21-15(24)10-11(13(18)19)22-23(3)14(10)20/h4-5,13H,6H2,1-3H3,(H,21,24). The van der Waals surface area contributed by atoms with Crippen LogP contribution in [-0.4, -0.2) is 21.3 Å². The molecule has 0 atom stereocenters. The molecular weight excluding hydrogens is 342 g/mol. The molecule has 9 heteroatoms. The van der Waals surface area contributed by atoms with E-state index in [-0.39, 0.29) is 23.4 Å². The average molecular weight is 357 g/mol. The molecule has 2 heterocycles. The third-order valence-electron chi connectivity index (χ3n) is 3.87. The molecule has 0 spiro atoms. The van der Waals surface area contributed by atoms with Crippen molar-refractivity contribution < 1.29 is 27.1 Å². The van der Waals surface area contributed by atoms with Crippen molar-refractivity contribution in [2.45, 2.75) is 32.3 Å². The van der Waals surface area contributed by atoms with Crippen LogP contribution in [0.25, 0.3) is 0 Å². The van der Waals surface area contributed by atoms with Gasteiger partial charge in [-0.2, -0.15) is 9.49 Å². The van der Waals surface area contributed by atoms with Gasteiger partial charge in [-0.1, -0.05) is 0 Å². The highest BCUT2D eigenvalue weighted by atomic mass is 19.3. The molecule has 134 valence electrons. The summed E-state index contributed by atoms with van der Waals surface area (Å²) in [6.45, 7) is 3.49. The Kier molecular flexibility index (Phi) is 3.97. The zero-order valence-corrected chi connectivity index (χ0v) is 13.7. The second-order valence-corrected chi connectivity index (χ2v) is 6.37. The Balaban J connectivity index is 1.98. The van der Waals surface area contributed by atoms with E-state index in [1.54, 1.807) is 13.8 Å². The van der Waals surface area contributed by atoms with Crippen molar-refractivity contribution in [3.8, 4) is 5.75 Å². The second-order valence-electron chi connectivity index (χ2n) is 6.37. The number of carbonyl (C=O) groups excluding carboxylic acids is 1. The van der Waals surface area contributed by atoms with Gasteiger partial charge in [0.15, 0.2) is 0 Å². The summed E-state index contributed by atoms with van der Waals surface area (Å²) < 4.78 is 60.2. The van der Waals surface area contributed by atoms with Gasteiger partial charge >= 0.3 is 0 Å². The number of hydrogen-bond donors (Lipinski definition) is 1. The lowest BCUT2D eigenvalue weighted by molar-refractivity contribution is 0.1000. The smallest absolute Gasteiger partial charge is 0.283 e. The summed E-state index contributed by atoms with van der Waals surface area (Å²) in [6, 6.07) is 2.37. The average Bonchev–Trinajstić information content (AvgIpc) is 3.00. The number of amides is 1. The van der Waals surface area contributed by atoms with Gasteiger partial charge in [-0.3, -0.25) is 4.79 Å². The molecule has 1 aliphatic rings.